The maximum Gasteiger partial charge on any atom is 0.146 e. The van der Waals surface area contributed by atoms with E-state index in [4.69, 9.17) is 18.0 Å². The molecule has 0 unspecified atom stereocenters. The van der Waals surface area contributed by atoms with E-state index in [2.05, 4.69) is 5.32 Å². The van der Waals surface area contributed by atoms with E-state index in [1.165, 1.54) is 6.07 Å². The molecule has 98 valence electrons. The Labute approximate surface area is 117 Å². The van der Waals surface area contributed by atoms with Gasteiger partial charge in [0.15, 0.2) is 0 Å². The fraction of sp³-hybridized carbons (Fsp3) is 0.133. The smallest absolute Gasteiger partial charge is 0.146 e. The molecule has 3 N–H and O–H groups in total. The van der Waals surface area contributed by atoms with E-state index in [9.17, 15) is 4.39 Å². The minimum Gasteiger partial charge on any atom is -0.389 e. The maximum absolute atomic E-state index is 13.8. The number of hydrogen-bond acceptors (Lipinski definition) is 2. The van der Waals surface area contributed by atoms with Crippen molar-refractivity contribution in [2.45, 2.75) is 13.8 Å². The highest BCUT2D eigenvalue weighted by Gasteiger charge is 2.08. The highest BCUT2D eigenvalue weighted by atomic mass is 32.1. The van der Waals surface area contributed by atoms with Gasteiger partial charge in [0, 0.05) is 11.3 Å². The van der Waals surface area contributed by atoms with E-state index < -0.39 is 0 Å². The second-order valence-electron chi connectivity index (χ2n) is 4.52. The van der Waals surface area contributed by atoms with Crippen molar-refractivity contribution >= 4 is 28.6 Å². The van der Waals surface area contributed by atoms with Gasteiger partial charge in [-0.2, -0.15) is 0 Å². The fourth-order valence-corrected chi connectivity index (χ4v) is 2.01. The molecule has 19 heavy (non-hydrogen) atoms. The molecule has 0 bridgehead atoms. The molecule has 0 aliphatic rings. The Hall–Kier alpha value is -1.94. The fourth-order valence-electron chi connectivity index (χ4n) is 1.84. The second-order valence-corrected chi connectivity index (χ2v) is 4.96. The van der Waals surface area contributed by atoms with Gasteiger partial charge in [-0.25, -0.2) is 4.39 Å². The molecular formula is C15H15FN2S. The lowest BCUT2D eigenvalue weighted by Crippen LogP contribution is -2.12. The van der Waals surface area contributed by atoms with Gasteiger partial charge in [0.25, 0.3) is 0 Å². The Balaban J connectivity index is 2.40. The van der Waals surface area contributed by atoms with E-state index in [1.54, 1.807) is 6.07 Å². The lowest BCUT2D eigenvalue weighted by molar-refractivity contribution is 0.631. The molecule has 0 fully saturated rings. The quantitative estimate of drug-likeness (QED) is 0.836. The largest absolute Gasteiger partial charge is 0.389 e. The highest BCUT2D eigenvalue weighted by molar-refractivity contribution is 7.80. The average molecular weight is 274 g/mol. The molecule has 2 nitrogen and oxygen atoms in total. The highest BCUT2D eigenvalue weighted by Crippen LogP contribution is 2.24. The Kier molecular flexibility index (Phi) is 3.81. The van der Waals surface area contributed by atoms with Crippen molar-refractivity contribution in [3.8, 4) is 0 Å². The van der Waals surface area contributed by atoms with Crippen molar-refractivity contribution < 1.29 is 4.39 Å². The maximum atomic E-state index is 13.8. The predicted molar refractivity (Wildman–Crippen MR) is 81.5 cm³/mol. The molecule has 0 radical (unpaired) electrons. The molecule has 0 aromatic heterocycles. The number of nitrogens with two attached hydrogens (primary N) is 1. The van der Waals surface area contributed by atoms with E-state index in [1.807, 2.05) is 38.1 Å². The van der Waals surface area contributed by atoms with Crippen LogP contribution in [0.5, 0.6) is 0 Å². The van der Waals surface area contributed by atoms with Crippen LogP contribution in [0, 0.1) is 19.7 Å². The summed E-state index contributed by atoms with van der Waals surface area (Å²) in [5.74, 6) is -0.297. The predicted octanol–water partition coefficient (Wildman–Crippen LogP) is 3.82. The third-order valence-corrected chi connectivity index (χ3v) is 3.05. The van der Waals surface area contributed by atoms with Gasteiger partial charge in [-0.1, -0.05) is 29.9 Å². The molecule has 2 aromatic rings. The standard InChI is InChI=1S/C15H15FN2S/c1-9-3-5-13(11(7-9)15(17)19)18-14-6-4-10(2)8-12(14)16/h3-8,18H,1-2H3,(H2,17,19). The number of nitrogens with one attached hydrogen (secondary N) is 1. The molecule has 0 aliphatic heterocycles. The molecule has 0 saturated heterocycles. The van der Waals surface area contributed by atoms with Crippen LogP contribution >= 0.6 is 12.2 Å². The summed E-state index contributed by atoms with van der Waals surface area (Å²) in [5, 5.41) is 3.03. The number of halogens is 1. The molecule has 0 spiro atoms. The summed E-state index contributed by atoms with van der Waals surface area (Å²) in [6.07, 6.45) is 0. The third-order valence-electron chi connectivity index (χ3n) is 2.83. The number of aryl methyl sites for hydroxylation is 2. The number of hydrogen-bond donors (Lipinski definition) is 2. The van der Waals surface area contributed by atoms with Crippen LogP contribution in [0.4, 0.5) is 15.8 Å². The van der Waals surface area contributed by atoms with Crippen LogP contribution in [0.25, 0.3) is 0 Å². The topological polar surface area (TPSA) is 38.0 Å². The van der Waals surface area contributed by atoms with Gasteiger partial charge >= 0.3 is 0 Å². The molecule has 0 heterocycles. The molecule has 0 saturated carbocycles. The summed E-state index contributed by atoms with van der Waals surface area (Å²) >= 11 is 5.02. The summed E-state index contributed by atoms with van der Waals surface area (Å²) in [6, 6.07) is 10.7. The zero-order valence-electron chi connectivity index (χ0n) is 10.8. The Morgan fingerprint density at radius 2 is 1.63 bits per heavy atom. The van der Waals surface area contributed by atoms with Gasteiger partial charge in [0.1, 0.15) is 10.8 Å². The second kappa shape index (κ2) is 5.36. The minimum absolute atomic E-state index is 0.290. The summed E-state index contributed by atoms with van der Waals surface area (Å²) in [6.45, 7) is 3.80. The SMILES string of the molecule is Cc1ccc(Nc2ccc(C)cc2C(N)=S)c(F)c1. The van der Waals surface area contributed by atoms with E-state index in [0.29, 0.717) is 16.4 Å². The zero-order valence-corrected chi connectivity index (χ0v) is 11.6. The third kappa shape index (κ3) is 3.09. The summed E-state index contributed by atoms with van der Waals surface area (Å²) in [4.78, 5) is 0.290. The summed E-state index contributed by atoms with van der Waals surface area (Å²) in [5.41, 5.74) is 9.46. The zero-order chi connectivity index (χ0) is 14.0. The first-order valence-corrected chi connectivity index (χ1v) is 6.32. The van der Waals surface area contributed by atoms with E-state index >= 15 is 0 Å². The van der Waals surface area contributed by atoms with Crippen LogP contribution in [0.1, 0.15) is 16.7 Å². The Morgan fingerprint density at radius 3 is 2.21 bits per heavy atom. The van der Waals surface area contributed by atoms with Gasteiger partial charge < -0.3 is 11.1 Å². The average Bonchev–Trinajstić information content (AvgIpc) is 2.34. The van der Waals surface area contributed by atoms with Crippen molar-refractivity contribution in [1.29, 1.82) is 0 Å². The number of thiocarbonyl (C=S) groups is 1. The lowest BCUT2D eigenvalue weighted by atomic mass is 10.1. The number of rotatable bonds is 3. The van der Waals surface area contributed by atoms with E-state index in [0.717, 1.165) is 16.7 Å². The summed E-state index contributed by atoms with van der Waals surface area (Å²) in [7, 11) is 0. The van der Waals surface area contributed by atoms with Crippen LogP contribution in [-0.4, -0.2) is 4.99 Å². The monoisotopic (exact) mass is 274 g/mol. The number of anilines is 2. The van der Waals surface area contributed by atoms with Crippen LogP contribution in [0.2, 0.25) is 0 Å². The molecule has 0 atom stereocenters. The van der Waals surface area contributed by atoms with Crippen molar-refractivity contribution in [1.82, 2.24) is 0 Å². The lowest BCUT2D eigenvalue weighted by Gasteiger charge is -2.13. The Morgan fingerprint density at radius 1 is 1.05 bits per heavy atom. The van der Waals surface area contributed by atoms with E-state index in [-0.39, 0.29) is 5.82 Å². The van der Waals surface area contributed by atoms with Crippen molar-refractivity contribution in [2.24, 2.45) is 5.73 Å². The molecule has 2 rings (SSSR count). The van der Waals surface area contributed by atoms with Gasteiger partial charge in [-0.15, -0.1) is 0 Å². The number of benzene rings is 2. The molecule has 0 aliphatic carbocycles. The van der Waals surface area contributed by atoms with Gasteiger partial charge in [-0.05, 0) is 43.7 Å². The summed E-state index contributed by atoms with van der Waals surface area (Å²) < 4.78 is 13.8. The van der Waals surface area contributed by atoms with Crippen molar-refractivity contribution in [3.63, 3.8) is 0 Å². The normalized spacial score (nSPS) is 10.3. The van der Waals surface area contributed by atoms with Crippen LogP contribution in [0.3, 0.4) is 0 Å². The van der Waals surface area contributed by atoms with Crippen molar-refractivity contribution in [3.05, 3.63) is 58.9 Å². The first-order chi connectivity index (χ1) is 8.97. The molecular weight excluding hydrogens is 259 g/mol. The Bertz CT molecular complexity index is 638. The molecule has 4 heteroatoms. The first kappa shape index (κ1) is 13.5. The van der Waals surface area contributed by atoms with Crippen LogP contribution in [-0.2, 0) is 0 Å². The molecule has 2 aromatic carbocycles. The van der Waals surface area contributed by atoms with Gasteiger partial charge in [0.2, 0.25) is 0 Å². The van der Waals surface area contributed by atoms with Gasteiger partial charge in [-0.3, -0.25) is 0 Å². The minimum atomic E-state index is -0.297. The molecule has 0 amide bonds. The first-order valence-electron chi connectivity index (χ1n) is 5.91. The van der Waals surface area contributed by atoms with Crippen LogP contribution in [0.15, 0.2) is 36.4 Å². The van der Waals surface area contributed by atoms with Gasteiger partial charge in [0.05, 0.1) is 5.69 Å². The van der Waals surface area contributed by atoms with Crippen LogP contribution < -0.4 is 11.1 Å². The van der Waals surface area contributed by atoms with Crippen molar-refractivity contribution in [2.75, 3.05) is 5.32 Å².